The normalized spacial score (nSPS) is 21.4. The molecule has 11 heavy (non-hydrogen) atoms. The maximum absolute atomic E-state index is 7.64. The molecule has 0 atom stereocenters. The number of rotatable bonds is 3. The zero-order valence-electron chi connectivity index (χ0n) is 12.4. The SMILES string of the molecule is [2H]c1sc(C(C)C)nc1C([2H])([2H])NC([2H])([2H])[2H]. The van der Waals surface area contributed by atoms with Crippen LogP contribution >= 0.6 is 11.3 Å². The van der Waals surface area contributed by atoms with E-state index in [-0.39, 0.29) is 17.0 Å². The van der Waals surface area contributed by atoms with E-state index in [0.29, 0.717) is 5.01 Å². The summed E-state index contributed by atoms with van der Waals surface area (Å²) in [5.41, 5.74) is -0.165. The van der Waals surface area contributed by atoms with Gasteiger partial charge in [0.05, 0.1) is 12.1 Å². The molecule has 0 aliphatic heterocycles. The van der Waals surface area contributed by atoms with E-state index in [1.54, 1.807) is 0 Å². The van der Waals surface area contributed by atoms with Crippen molar-refractivity contribution in [3.05, 3.63) is 16.1 Å². The van der Waals surface area contributed by atoms with Crippen molar-refractivity contribution in [3.63, 3.8) is 0 Å². The van der Waals surface area contributed by atoms with Crippen LogP contribution in [0.2, 0.25) is 0 Å². The standard InChI is InChI=1S/C8H14N2S/c1-6(2)8-10-7(4-9-3)5-11-8/h5-6,9H,4H2,1-3H3/i3D3,4D2,5D. The van der Waals surface area contributed by atoms with Crippen molar-refractivity contribution in [1.82, 2.24) is 10.3 Å². The molecule has 1 N–H and O–H groups in total. The minimum Gasteiger partial charge on any atom is -0.314 e. The molecule has 0 fully saturated rings. The lowest BCUT2D eigenvalue weighted by Crippen LogP contribution is -2.05. The van der Waals surface area contributed by atoms with Crippen molar-refractivity contribution in [2.45, 2.75) is 26.3 Å². The number of thiazole rings is 1. The van der Waals surface area contributed by atoms with Crippen LogP contribution in [0.25, 0.3) is 0 Å². The monoisotopic (exact) mass is 176 g/mol. The van der Waals surface area contributed by atoms with E-state index in [9.17, 15) is 0 Å². The predicted molar refractivity (Wildman–Crippen MR) is 49.0 cm³/mol. The van der Waals surface area contributed by atoms with Crippen molar-refractivity contribution in [1.29, 1.82) is 0 Å². The molecule has 1 heterocycles. The first-order valence-electron chi connectivity index (χ1n) is 6.30. The summed E-state index contributed by atoms with van der Waals surface area (Å²) < 4.78 is 43.9. The Morgan fingerprint density at radius 3 is 3.36 bits per heavy atom. The highest BCUT2D eigenvalue weighted by Gasteiger charge is 2.03. The molecule has 2 nitrogen and oxygen atoms in total. The van der Waals surface area contributed by atoms with Gasteiger partial charge in [0.1, 0.15) is 0 Å². The summed E-state index contributed by atoms with van der Waals surface area (Å²) in [6, 6.07) is 0. The molecule has 0 radical (unpaired) electrons. The molecule has 62 valence electrons. The van der Waals surface area contributed by atoms with Gasteiger partial charge >= 0.3 is 0 Å². The number of nitrogens with zero attached hydrogens (tertiary/aromatic N) is 1. The highest BCUT2D eigenvalue weighted by atomic mass is 32.1. The molecule has 0 saturated carbocycles. The van der Waals surface area contributed by atoms with Crippen LogP contribution in [0.3, 0.4) is 0 Å². The van der Waals surface area contributed by atoms with Gasteiger partial charge in [-0.15, -0.1) is 11.3 Å². The molecular formula is C8H14N2S. The number of nitrogens with one attached hydrogen (secondary N) is 1. The summed E-state index contributed by atoms with van der Waals surface area (Å²) in [7, 11) is 0. The minimum absolute atomic E-state index is 0.0459. The summed E-state index contributed by atoms with van der Waals surface area (Å²) in [6.45, 7) is -1.17. The second-order valence-electron chi connectivity index (χ2n) is 2.41. The molecule has 0 amide bonds. The van der Waals surface area contributed by atoms with Gasteiger partial charge in [-0.05, 0) is 6.98 Å². The largest absolute Gasteiger partial charge is 0.314 e. The van der Waals surface area contributed by atoms with Gasteiger partial charge in [-0.2, -0.15) is 0 Å². The third kappa shape index (κ3) is 2.27. The summed E-state index contributed by atoms with van der Waals surface area (Å²) in [5.74, 6) is 0.0846. The lowest BCUT2D eigenvalue weighted by atomic mass is 10.2. The minimum atomic E-state index is -2.61. The average molecular weight is 176 g/mol. The van der Waals surface area contributed by atoms with Crippen LogP contribution in [-0.2, 0) is 6.50 Å². The lowest BCUT2D eigenvalue weighted by Gasteiger charge is -1.96. The summed E-state index contributed by atoms with van der Waals surface area (Å²) >= 11 is 1.07. The van der Waals surface area contributed by atoms with E-state index >= 15 is 0 Å². The van der Waals surface area contributed by atoms with Crippen molar-refractivity contribution in [2.75, 3.05) is 6.98 Å². The molecule has 3 heteroatoms. The molecule has 0 bridgehead atoms. The molecule has 1 aromatic heterocycles. The predicted octanol–water partition coefficient (Wildman–Crippen LogP) is 1.99. The van der Waals surface area contributed by atoms with Gasteiger partial charge in [0.25, 0.3) is 0 Å². The Morgan fingerprint density at radius 1 is 2.00 bits per heavy atom. The highest BCUT2D eigenvalue weighted by molar-refractivity contribution is 7.09. The maximum atomic E-state index is 7.64. The van der Waals surface area contributed by atoms with Gasteiger partial charge in [0.15, 0.2) is 0 Å². The maximum Gasteiger partial charge on any atom is 0.0954 e. The smallest absolute Gasteiger partial charge is 0.0954 e. The van der Waals surface area contributed by atoms with E-state index in [1.807, 2.05) is 19.2 Å². The second-order valence-corrected chi connectivity index (χ2v) is 3.23. The van der Waals surface area contributed by atoms with Crippen LogP contribution in [0.4, 0.5) is 0 Å². The van der Waals surface area contributed by atoms with Gasteiger partial charge in [0.2, 0.25) is 0 Å². The van der Waals surface area contributed by atoms with E-state index < -0.39 is 13.5 Å². The first kappa shape index (κ1) is 3.54. The number of hydrogen-bond donors (Lipinski definition) is 1. The van der Waals surface area contributed by atoms with Gasteiger partial charge in [-0.25, -0.2) is 4.98 Å². The first-order valence-corrected chi connectivity index (χ1v) is 4.12. The molecule has 0 saturated heterocycles. The van der Waals surface area contributed by atoms with Crippen molar-refractivity contribution < 1.29 is 8.22 Å². The Kier molecular flexibility index (Phi) is 1.23. The molecule has 0 unspecified atom stereocenters. The molecule has 1 rings (SSSR count). The average Bonchev–Trinajstić information content (AvgIpc) is 2.43. The van der Waals surface area contributed by atoms with Crippen LogP contribution in [-0.4, -0.2) is 12.0 Å². The number of aromatic nitrogens is 1. The van der Waals surface area contributed by atoms with Crippen LogP contribution in [0.5, 0.6) is 0 Å². The molecule has 0 aliphatic rings. The molecule has 1 aromatic rings. The second kappa shape index (κ2) is 3.83. The quantitative estimate of drug-likeness (QED) is 0.762. The molecule has 0 spiro atoms. The number of hydrogen-bond acceptors (Lipinski definition) is 3. The Morgan fingerprint density at radius 2 is 2.82 bits per heavy atom. The summed E-state index contributed by atoms with van der Waals surface area (Å²) in [5, 5.41) is 2.44. The first-order chi connectivity index (χ1) is 7.53. The highest BCUT2D eigenvalue weighted by Crippen LogP contribution is 2.18. The Labute approximate surface area is 80.1 Å². The fourth-order valence-electron chi connectivity index (χ4n) is 0.616. The zero-order valence-corrected chi connectivity index (χ0v) is 7.25. The van der Waals surface area contributed by atoms with Crippen LogP contribution < -0.4 is 5.32 Å². The molecule has 0 aromatic carbocycles. The van der Waals surface area contributed by atoms with Gasteiger partial charge in [-0.1, -0.05) is 13.8 Å². The topological polar surface area (TPSA) is 24.9 Å². The van der Waals surface area contributed by atoms with E-state index in [0.717, 1.165) is 11.3 Å². The Hall–Kier alpha value is -0.410. The van der Waals surface area contributed by atoms with E-state index in [2.05, 4.69) is 4.98 Å². The van der Waals surface area contributed by atoms with Crippen LogP contribution in [0.15, 0.2) is 5.36 Å². The summed E-state index contributed by atoms with van der Waals surface area (Å²) in [4.78, 5) is 4.01. The fraction of sp³-hybridized carbons (Fsp3) is 0.625. The zero-order chi connectivity index (χ0) is 13.4. The lowest BCUT2D eigenvalue weighted by molar-refractivity contribution is 0.776. The van der Waals surface area contributed by atoms with Crippen molar-refractivity contribution in [2.24, 2.45) is 0 Å². The third-order valence-electron chi connectivity index (χ3n) is 1.15. The molecule has 0 aliphatic carbocycles. The van der Waals surface area contributed by atoms with Gasteiger partial charge in [-0.3, -0.25) is 0 Å². The van der Waals surface area contributed by atoms with E-state index in [1.165, 1.54) is 0 Å². The van der Waals surface area contributed by atoms with Crippen molar-refractivity contribution >= 4 is 11.3 Å². The van der Waals surface area contributed by atoms with E-state index in [4.69, 9.17) is 8.22 Å². The molecular weight excluding hydrogens is 156 g/mol. The fourth-order valence-corrected chi connectivity index (χ4v) is 1.29. The van der Waals surface area contributed by atoms with Gasteiger partial charge < -0.3 is 5.32 Å². The Bertz CT molecular complexity index is 397. The Balaban J connectivity index is 3.06. The van der Waals surface area contributed by atoms with Crippen LogP contribution in [0, 0.1) is 0 Å². The van der Waals surface area contributed by atoms with Crippen LogP contribution in [0.1, 0.15) is 38.7 Å². The van der Waals surface area contributed by atoms with Gasteiger partial charge in [0, 0.05) is 24.6 Å². The summed E-state index contributed by atoms with van der Waals surface area (Å²) in [6.07, 6.45) is 0. The van der Waals surface area contributed by atoms with Crippen molar-refractivity contribution in [3.8, 4) is 0 Å². The third-order valence-corrected chi connectivity index (χ3v) is 2.22.